The minimum Gasteiger partial charge on any atom is -0.482 e. The van der Waals surface area contributed by atoms with Crippen molar-refractivity contribution in [3.05, 3.63) is 30.4 Å². The monoisotopic (exact) mass is 355 g/mol. The van der Waals surface area contributed by atoms with E-state index in [2.05, 4.69) is 22.8 Å². The molecule has 1 fully saturated rings. The Kier molecular flexibility index (Phi) is 4.14. The largest absolute Gasteiger partial charge is 0.482 e. The number of likely N-dealkylation sites (N-methyl/N-ethyl adjacent to an activating group) is 1. The number of benzene rings is 1. The molecule has 1 saturated carbocycles. The molecule has 4 rings (SSSR count). The van der Waals surface area contributed by atoms with Gasteiger partial charge in [0.15, 0.2) is 6.61 Å². The van der Waals surface area contributed by atoms with Gasteiger partial charge >= 0.3 is 11.8 Å². The van der Waals surface area contributed by atoms with E-state index in [0.29, 0.717) is 41.4 Å². The molecular formula is C19H21N3O4. The number of rotatable bonds is 3. The highest BCUT2D eigenvalue weighted by atomic mass is 16.5. The first-order valence-corrected chi connectivity index (χ1v) is 8.82. The summed E-state index contributed by atoms with van der Waals surface area (Å²) in [6.45, 7) is 0.517. The van der Waals surface area contributed by atoms with E-state index in [9.17, 15) is 14.4 Å². The van der Waals surface area contributed by atoms with Gasteiger partial charge in [-0.15, -0.1) is 0 Å². The van der Waals surface area contributed by atoms with Crippen LogP contribution in [0.25, 0.3) is 0 Å². The maximum atomic E-state index is 12.1. The number of carbonyl (C=O) groups is 3. The van der Waals surface area contributed by atoms with Gasteiger partial charge in [0.05, 0.1) is 5.69 Å². The first kappa shape index (κ1) is 16.6. The summed E-state index contributed by atoms with van der Waals surface area (Å²) in [6.07, 6.45) is 6.71. The lowest BCUT2D eigenvalue weighted by atomic mass is 9.94. The smallest absolute Gasteiger partial charge is 0.313 e. The predicted octanol–water partition coefficient (Wildman–Crippen LogP) is 1.31. The molecule has 0 saturated heterocycles. The van der Waals surface area contributed by atoms with E-state index in [1.54, 1.807) is 25.2 Å². The Morgan fingerprint density at radius 1 is 1.23 bits per heavy atom. The molecule has 26 heavy (non-hydrogen) atoms. The lowest BCUT2D eigenvalue weighted by molar-refractivity contribution is -0.136. The van der Waals surface area contributed by atoms with E-state index < -0.39 is 11.8 Å². The molecule has 1 heterocycles. The summed E-state index contributed by atoms with van der Waals surface area (Å²) in [4.78, 5) is 37.4. The fourth-order valence-electron chi connectivity index (χ4n) is 3.97. The van der Waals surface area contributed by atoms with Gasteiger partial charge in [0, 0.05) is 19.3 Å². The van der Waals surface area contributed by atoms with Gasteiger partial charge in [0.2, 0.25) is 0 Å². The van der Waals surface area contributed by atoms with Crippen LogP contribution in [0.2, 0.25) is 0 Å². The van der Waals surface area contributed by atoms with Crippen LogP contribution < -0.4 is 20.3 Å². The quantitative estimate of drug-likeness (QED) is 0.632. The molecule has 1 aromatic rings. The van der Waals surface area contributed by atoms with Gasteiger partial charge in [0.1, 0.15) is 5.75 Å². The minimum absolute atomic E-state index is 0.00415. The normalized spacial score (nSPS) is 25.7. The molecule has 3 atom stereocenters. The van der Waals surface area contributed by atoms with E-state index in [-0.39, 0.29) is 12.5 Å². The van der Waals surface area contributed by atoms with Gasteiger partial charge in [-0.05, 0) is 48.8 Å². The first-order valence-electron chi connectivity index (χ1n) is 8.82. The van der Waals surface area contributed by atoms with Crippen molar-refractivity contribution in [2.45, 2.75) is 12.8 Å². The molecule has 0 aromatic heterocycles. The third kappa shape index (κ3) is 3.05. The third-order valence-corrected chi connectivity index (χ3v) is 5.45. The summed E-state index contributed by atoms with van der Waals surface area (Å²) >= 11 is 0. The van der Waals surface area contributed by atoms with Crippen LogP contribution in [0, 0.1) is 17.8 Å². The van der Waals surface area contributed by atoms with Crippen LogP contribution in [0.15, 0.2) is 30.4 Å². The van der Waals surface area contributed by atoms with Crippen molar-refractivity contribution in [2.24, 2.45) is 17.8 Å². The van der Waals surface area contributed by atoms with E-state index >= 15 is 0 Å². The number of anilines is 2. The number of ether oxygens (including phenoxy) is 1. The molecule has 1 aromatic carbocycles. The molecule has 2 N–H and O–H groups in total. The zero-order valence-electron chi connectivity index (χ0n) is 14.5. The molecular weight excluding hydrogens is 334 g/mol. The second-order valence-corrected chi connectivity index (χ2v) is 7.13. The van der Waals surface area contributed by atoms with E-state index in [0.717, 1.165) is 12.8 Å². The number of amides is 3. The van der Waals surface area contributed by atoms with Gasteiger partial charge in [-0.25, -0.2) is 0 Å². The minimum atomic E-state index is -0.714. The van der Waals surface area contributed by atoms with Crippen molar-refractivity contribution in [3.8, 4) is 5.75 Å². The Bertz CT molecular complexity index is 804. The average Bonchev–Trinajstić information content (AvgIpc) is 3.26. The lowest BCUT2D eigenvalue weighted by Gasteiger charge is -2.26. The molecule has 1 aliphatic heterocycles. The zero-order chi connectivity index (χ0) is 18.3. The molecule has 7 heteroatoms. The molecule has 7 nitrogen and oxygen atoms in total. The average molecular weight is 355 g/mol. The SMILES string of the molecule is CN1C(=O)COc2ccc(NC(=O)C(=O)NC[C@H]3C[C@@H]4C=C[C@H]3C4)cc21. The van der Waals surface area contributed by atoms with Gasteiger partial charge in [-0.2, -0.15) is 0 Å². The molecule has 0 spiro atoms. The van der Waals surface area contributed by atoms with Crippen molar-refractivity contribution < 1.29 is 19.1 Å². The van der Waals surface area contributed by atoms with Crippen molar-refractivity contribution >= 4 is 29.1 Å². The zero-order valence-corrected chi connectivity index (χ0v) is 14.5. The van der Waals surface area contributed by atoms with Crippen LogP contribution in [0.4, 0.5) is 11.4 Å². The molecule has 0 radical (unpaired) electrons. The van der Waals surface area contributed by atoms with Gasteiger partial charge in [0.25, 0.3) is 5.91 Å². The van der Waals surface area contributed by atoms with Crippen LogP contribution >= 0.6 is 0 Å². The molecule has 2 bridgehead atoms. The molecule has 0 unspecified atom stereocenters. The Labute approximate surface area is 151 Å². The summed E-state index contributed by atoms with van der Waals surface area (Å²) in [6, 6.07) is 4.94. The summed E-state index contributed by atoms with van der Waals surface area (Å²) in [7, 11) is 1.64. The van der Waals surface area contributed by atoms with Crippen molar-refractivity contribution in [1.29, 1.82) is 0 Å². The number of nitrogens with one attached hydrogen (secondary N) is 2. The van der Waals surface area contributed by atoms with Gasteiger partial charge in [-0.3, -0.25) is 14.4 Å². The predicted molar refractivity (Wildman–Crippen MR) is 95.8 cm³/mol. The van der Waals surface area contributed by atoms with Crippen LogP contribution in [0.3, 0.4) is 0 Å². The second kappa shape index (κ2) is 6.48. The van der Waals surface area contributed by atoms with E-state index in [1.807, 2.05) is 0 Å². The van der Waals surface area contributed by atoms with Gasteiger partial charge < -0.3 is 20.3 Å². The number of hydrogen-bond acceptors (Lipinski definition) is 4. The number of fused-ring (bicyclic) bond motifs is 3. The highest BCUT2D eigenvalue weighted by molar-refractivity contribution is 6.39. The number of nitrogens with zero attached hydrogens (tertiary/aromatic N) is 1. The summed E-state index contributed by atoms with van der Waals surface area (Å²) in [5.74, 6) is 0.620. The van der Waals surface area contributed by atoms with Crippen LogP contribution in [-0.4, -0.2) is 37.9 Å². The fraction of sp³-hybridized carbons (Fsp3) is 0.421. The van der Waals surface area contributed by atoms with Crippen LogP contribution in [0.1, 0.15) is 12.8 Å². The fourth-order valence-corrected chi connectivity index (χ4v) is 3.97. The Morgan fingerprint density at radius 2 is 2.08 bits per heavy atom. The molecule has 3 aliphatic rings. The summed E-state index contributed by atoms with van der Waals surface area (Å²) in [5, 5.41) is 5.31. The first-order chi connectivity index (χ1) is 12.5. The standard InChI is InChI=1S/C19H21N3O4/c1-22-15-8-14(4-5-16(15)26-10-17(22)23)21-19(25)18(24)20-9-13-7-11-2-3-12(13)6-11/h2-5,8,11-13H,6-7,9-10H2,1H3,(H,20,24)(H,21,25)/t11-,12+,13-/m1/s1. The van der Waals surface area contributed by atoms with Crippen LogP contribution in [0.5, 0.6) is 5.75 Å². The summed E-state index contributed by atoms with van der Waals surface area (Å²) in [5.41, 5.74) is 1.00. The molecule has 2 aliphatic carbocycles. The van der Waals surface area contributed by atoms with Crippen LogP contribution in [-0.2, 0) is 14.4 Å². The van der Waals surface area contributed by atoms with E-state index in [4.69, 9.17) is 4.74 Å². The highest BCUT2D eigenvalue weighted by Gasteiger charge is 2.35. The molecule has 3 amide bonds. The Morgan fingerprint density at radius 3 is 2.81 bits per heavy atom. The van der Waals surface area contributed by atoms with Crippen molar-refractivity contribution in [1.82, 2.24) is 5.32 Å². The van der Waals surface area contributed by atoms with E-state index in [1.165, 1.54) is 4.90 Å². The Balaban J connectivity index is 1.35. The highest BCUT2D eigenvalue weighted by Crippen LogP contribution is 2.42. The number of carbonyl (C=O) groups excluding carboxylic acids is 3. The summed E-state index contributed by atoms with van der Waals surface area (Å²) < 4.78 is 5.34. The Hall–Kier alpha value is -2.83. The lowest BCUT2D eigenvalue weighted by Crippen LogP contribution is -2.39. The third-order valence-electron chi connectivity index (χ3n) is 5.45. The maximum absolute atomic E-state index is 12.1. The number of allylic oxidation sites excluding steroid dienone is 2. The number of hydrogen-bond donors (Lipinski definition) is 2. The van der Waals surface area contributed by atoms with Crippen molar-refractivity contribution in [3.63, 3.8) is 0 Å². The van der Waals surface area contributed by atoms with Gasteiger partial charge in [-0.1, -0.05) is 12.2 Å². The topological polar surface area (TPSA) is 87.7 Å². The maximum Gasteiger partial charge on any atom is 0.313 e. The van der Waals surface area contributed by atoms with Crippen molar-refractivity contribution in [2.75, 3.05) is 30.4 Å². The molecule has 136 valence electrons. The second-order valence-electron chi connectivity index (χ2n) is 7.13.